The highest BCUT2D eigenvalue weighted by Crippen LogP contribution is 2.44. The van der Waals surface area contributed by atoms with Gasteiger partial charge in [-0.1, -0.05) is 65.9 Å². The van der Waals surface area contributed by atoms with E-state index in [1.165, 1.54) is 11.0 Å². The minimum Gasteiger partial charge on any atom is -0.477 e. The van der Waals surface area contributed by atoms with Crippen LogP contribution in [-0.2, 0) is 10.6 Å². The fourth-order valence-electron chi connectivity index (χ4n) is 3.74. The Bertz CT molecular complexity index is 1110. The smallest absolute Gasteiger partial charge is 0.416 e. The molecule has 0 atom stereocenters. The molecule has 31 heavy (non-hydrogen) atoms. The zero-order chi connectivity index (χ0) is 22.0. The number of fused-ring (bicyclic) bond motifs is 3. The van der Waals surface area contributed by atoms with Gasteiger partial charge in [0.1, 0.15) is 11.5 Å². The molecular weight excluding hydrogens is 436 g/mol. The number of hydrogen-bond donors (Lipinski definition) is 1. The lowest BCUT2D eigenvalue weighted by Crippen LogP contribution is -2.32. The van der Waals surface area contributed by atoms with Gasteiger partial charge in [-0.3, -0.25) is 0 Å². The van der Waals surface area contributed by atoms with Crippen molar-refractivity contribution < 1.29 is 19.4 Å². The average Bonchev–Trinajstić information content (AvgIpc) is 3.35. The van der Waals surface area contributed by atoms with Crippen LogP contribution in [0.3, 0.4) is 0 Å². The lowest BCUT2D eigenvalue weighted by Gasteiger charge is -2.20. The van der Waals surface area contributed by atoms with Crippen LogP contribution >= 0.6 is 22.9 Å². The molecule has 6 nitrogen and oxygen atoms in total. The third-order valence-electron chi connectivity index (χ3n) is 5.11. The molecule has 8 heteroatoms. The number of aromatic carboxylic acids is 1. The Morgan fingerprint density at radius 1 is 1.16 bits per heavy atom. The van der Waals surface area contributed by atoms with Gasteiger partial charge in [-0.2, -0.15) is 0 Å². The van der Waals surface area contributed by atoms with Gasteiger partial charge in [0.05, 0.1) is 11.6 Å². The van der Waals surface area contributed by atoms with Gasteiger partial charge >= 0.3 is 12.1 Å². The van der Waals surface area contributed by atoms with Crippen LogP contribution in [-0.4, -0.2) is 35.3 Å². The first-order chi connectivity index (χ1) is 15.0. The summed E-state index contributed by atoms with van der Waals surface area (Å²) in [7, 11) is 0. The zero-order valence-corrected chi connectivity index (χ0v) is 18.0. The van der Waals surface area contributed by atoms with E-state index in [-0.39, 0.29) is 40.7 Å². The molecule has 1 amide bonds. The van der Waals surface area contributed by atoms with E-state index in [1.54, 1.807) is 0 Å². The molecule has 4 rings (SSSR count). The van der Waals surface area contributed by atoms with Gasteiger partial charge in [-0.25, -0.2) is 19.5 Å². The Kier molecular flexibility index (Phi) is 6.06. The molecule has 1 heterocycles. The quantitative estimate of drug-likeness (QED) is 0.375. The molecule has 0 saturated heterocycles. The molecule has 0 spiro atoms. The molecule has 0 radical (unpaired) electrons. The number of halogens is 1. The first kappa shape index (κ1) is 21.1. The molecule has 0 bridgehead atoms. The van der Waals surface area contributed by atoms with Crippen molar-refractivity contribution in [3.05, 3.63) is 82.9 Å². The number of amides is 1. The van der Waals surface area contributed by atoms with E-state index in [0.717, 1.165) is 33.6 Å². The van der Waals surface area contributed by atoms with Gasteiger partial charge in [0, 0.05) is 12.5 Å². The minimum atomic E-state index is -1.13. The molecule has 0 saturated carbocycles. The molecule has 2 aromatic carbocycles. The minimum absolute atomic E-state index is 0.00510. The number of rotatable bonds is 7. The number of alkyl halides is 1. The number of nitrogens with zero attached hydrogens (tertiary/aromatic N) is 2. The SMILES string of the molecule is C=CCN(C(=O)OCC1c2ccccc2-c2ccccc21)c1nc(CCl)c(C(=O)O)s1. The van der Waals surface area contributed by atoms with Crippen LogP contribution in [0.4, 0.5) is 9.93 Å². The van der Waals surface area contributed by atoms with Crippen molar-refractivity contribution in [3.8, 4) is 11.1 Å². The second-order valence-corrected chi connectivity index (χ2v) is 8.16. The van der Waals surface area contributed by atoms with Crippen LogP contribution in [0, 0.1) is 0 Å². The van der Waals surface area contributed by atoms with Crippen LogP contribution < -0.4 is 4.90 Å². The number of hydrogen-bond acceptors (Lipinski definition) is 5. The van der Waals surface area contributed by atoms with Crippen molar-refractivity contribution in [3.63, 3.8) is 0 Å². The monoisotopic (exact) mass is 454 g/mol. The maximum Gasteiger partial charge on any atom is 0.416 e. The fourth-order valence-corrected chi connectivity index (χ4v) is 4.94. The van der Waals surface area contributed by atoms with Crippen molar-refractivity contribution >= 4 is 40.1 Å². The number of aromatic nitrogens is 1. The second kappa shape index (κ2) is 8.91. The highest BCUT2D eigenvalue weighted by atomic mass is 35.5. The number of thiazole rings is 1. The summed E-state index contributed by atoms with van der Waals surface area (Å²) in [6.45, 7) is 3.96. The first-order valence-corrected chi connectivity index (χ1v) is 10.9. The van der Waals surface area contributed by atoms with E-state index in [1.807, 2.05) is 36.4 Å². The van der Waals surface area contributed by atoms with E-state index < -0.39 is 12.1 Å². The Hall–Kier alpha value is -3.16. The Morgan fingerprint density at radius 2 is 1.77 bits per heavy atom. The first-order valence-electron chi connectivity index (χ1n) is 9.57. The van der Waals surface area contributed by atoms with Crippen LogP contribution in [0.25, 0.3) is 11.1 Å². The van der Waals surface area contributed by atoms with E-state index in [0.29, 0.717) is 0 Å². The summed E-state index contributed by atoms with van der Waals surface area (Å²) in [5.74, 6) is -1.28. The van der Waals surface area contributed by atoms with Gasteiger partial charge in [-0.15, -0.1) is 18.2 Å². The highest BCUT2D eigenvalue weighted by Gasteiger charge is 2.30. The second-order valence-electron chi connectivity index (χ2n) is 6.91. The van der Waals surface area contributed by atoms with Crippen LogP contribution in [0.1, 0.15) is 32.4 Å². The Balaban J connectivity index is 1.57. The zero-order valence-electron chi connectivity index (χ0n) is 16.5. The van der Waals surface area contributed by atoms with Gasteiger partial charge in [-0.05, 0) is 22.3 Å². The average molecular weight is 455 g/mol. The number of anilines is 1. The van der Waals surface area contributed by atoms with Crippen molar-refractivity contribution in [2.75, 3.05) is 18.1 Å². The van der Waals surface area contributed by atoms with E-state index in [4.69, 9.17) is 16.3 Å². The summed E-state index contributed by atoms with van der Waals surface area (Å²) in [5.41, 5.74) is 4.71. The molecule has 3 aromatic rings. The van der Waals surface area contributed by atoms with Crippen molar-refractivity contribution in [2.45, 2.75) is 11.8 Å². The summed E-state index contributed by atoms with van der Waals surface area (Å²) in [6.07, 6.45) is 0.914. The summed E-state index contributed by atoms with van der Waals surface area (Å²) in [6, 6.07) is 16.2. The van der Waals surface area contributed by atoms with Gasteiger partial charge in [0.15, 0.2) is 5.13 Å². The topological polar surface area (TPSA) is 79.7 Å². The Labute approximate surface area is 188 Å². The van der Waals surface area contributed by atoms with Crippen LogP contribution in [0.5, 0.6) is 0 Å². The van der Waals surface area contributed by atoms with Gasteiger partial charge in [0.2, 0.25) is 0 Å². The molecule has 1 N–H and O–H groups in total. The maximum absolute atomic E-state index is 12.9. The van der Waals surface area contributed by atoms with E-state index >= 15 is 0 Å². The van der Waals surface area contributed by atoms with Gasteiger partial charge in [0.25, 0.3) is 0 Å². The number of carboxylic acid groups (broad SMARTS) is 1. The fraction of sp³-hybridized carbons (Fsp3) is 0.174. The standard InChI is InChI=1S/C23H19ClN2O4S/c1-2-11-26(22-25-19(12-24)20(31-22)21(27)28)23(29)30-13-18-16-9-5-3-7-14(16)15-8-4-6-10-17(15)18/h2-10,18H,1,11-13H2,(H,27,28). The summed E-state index contributed by atoms with van der Waals surface area (Å²) in [5, 5.41) is 9.56. The number of carbonyl (C=O) groups excluding carboxylic acids is 1. The van der Waals surface area contributed by atoms with Crippen molar-refractivity contribution in [1.82, 2.24) is 4.98 Å². The number of carbonyl (C=O) groups is 2. The predicted octanol–water partition coefficient (Wildman–Crippen LogP) is 5.52. The predicted molar refractivity (Wildman–Crippen MR) is 121 cm³/mol. The largest absolute Gasteiger partial charge is 0.477 e. The molecule has 158 valence electrons. The summed E-state index contributed by atoms with van der Waals surface area (Å²) < 4.78 is 5.68. The van der Waals surface area contributed by atoms with Crippen LogP contribution in [0.2, 0.25) is 0 Å². The molecule has 1 aliphatic carbocycles. The van der Waals surface area contributed by atoms with E-state index in [2.05, 4.69) is 23.7 Å². The molecule has 1 aromatic heterocycles. The normalized spacial score (nSPS) is 12.2. The maximum atomic E-state index is 12.9. The Morgan fingerprint density at radius 3 is 2.29 bits per heavy atom. The van der Waals surface area contributed by atoms with Crippen LogP contribution in [0.15, 0.2) is 61.2 Å². The number of carboxylic acids is 1. The third kappa shape index (κ3) is 3.94. The number of benzene rings is 2. The highest BCUT2D eigenvalue weighted by molar-refractivity contribution is 7.17. The molecule has 0 fully saturated rings. The molecular formula is C23H19ClN2O4S. The lowest BCUT2D eigenvalue weighted by atomic mass is 9.98. The molecule has 0 unspecified atom stereocenters. The molecule has 1 aliphatic rings. The number of ether oxygens (including phenoxy) is 1. The summed E-state index contributed by atoms with van der Waals surface area (Å²) in [4.78, 5) is 29.9. The summed E-state index contributed by atoms with van der Waals surface area (Å²) >= 11 is 6.71. The molecule has 0 aliphatic heterocycles. The van der Waals surface area contributed by atoms with E-state index in [9.17, 15) is 14.7 Å². The van der Waals surface area contributed by atoms with Gasteiger partial charge < -0.3 is 9.84 Å². The lowest BCUT2D eigenvalue weighted by molar-refractivity contribution is 0.0701. The third-order valence-corrected chi connectivity index (χ3v) is 6.47. The van der Waals surface area contributed by atoms with Crippen molar-refractivity contribution in [1.29, 1.82) is 0 Å². The van der Waals surface area contributed by atoms with Crippen molar-refractivity contribution in [2.24, 2.45) is 0 Å².